The smallest absolute Gasteiger partial charge is 0.127 e. The van der Waals surface area contributed by atoms with E-state index in [4.69, 9.17) is 10.6 Å². The number of nitrogens with one attached hydrogen (secondary N) is 1. The van der Waals surface area contributed by atoms with Crippen molar-refractivity contribution >= 4 is 15.9 Å². The molecule has 0 radical (unpaired) electrons. The Hall–Kier alpha value is -1.27. The van der Waals surface area contributed by atoms with Crippen LogP contribution in [0.25, 0.3) is 0 Å². The van der Waals surface area contributed by atoms with Crippen LogP contribution in [0.5, 0.6) is 0 Å². The van der Waals surface area contributed by atoms with E-state index < -0.39 is 0 Å². The van der Waals surface area contributed by atoms with Crippen LogP contribution in [-0.4, -0.2) is 13.2 Å². The lowest BCUT2D eigenvalue weighted by molar-refractivity contribution is 0.0676. The van der Waals surface area contributed by atoms with E-state index in [2.05, 4.69) is 21.4 Å². The molecule has 0 saturated carbocycles. The van der Waals surface area contributed by atoms with E-state index in [-0.39, 0.29) is 18.0 Å². The van der Waals surface area contributed by atoms with Crippen molar-refractivity contribution < 1.29 is 9.13 Å². The zero-order valence-corrected chi connectivity index (χ0v) is 13.3. The van der Waals surface area contributed by atoms with Gasteiger partial charge in [-0.15, -0.1) is 0 Å². The summed E-state index contributed by atoms with van der Waals surface area (Å²) in [6, 6.07) is 14.5. The molecule has 0 heterocycles. The van der Waals surface area contributed by atoms with Gasteiger partial charge in [0.25, 0.3) is 0 Å². The van der Waals surface area contributed by atoms with Crippen molar-refractivity contribution in [3.05, 3.63) is 69.9 Å². The van der Waals surface area contributed by atoms with Gasteiger partial charge in [0.2, 0.25) is 0 Å². The van der Waals surface area contributed by atoms with Crippen LogP contribution in [0.15, 0.2) is 53.0 Å². The molecule has 0 saturated heterocycles. The third-order valence-corrected chi connectivity index (χ3v) is 3.91. The predicted octanol–water partition coefficient (Wildman–Crippen LogP) is 3.35. The Kier molecular flexibility index (Phi) is 5.87. The number of hydrogen-bond donors (Lipinski definition) is 2. The molecule has 5 heteroatoms. The highest BCUT2D eigenvalue weighted by atomic mass is 79.9. The average Bonchev–Trinajstić information content (AvgIpc) is 2.50. The number of hydrogen-bond acceptors (Lipinski definition) is 3. The van der Waals surface area contributed by atoms with E-state index in [1.54, 1.807) is 13.2 Å². The molecule has 21 heavy (non-hydrogen) atoms. The topological polar surface area (TPSA) is 47.3 Å². The van der Waals surface area contributed by atoms with Crippen LogP contribution in [0.1, 0.15) is 17.2 Å². The third kappa shape index (κ3) is 4.11. The largest absolute Gasteiger partial charge is 0.375 e. The summed E-state index contributed by atoms with van der Waals surface area (Å²) >= 11 is 3.25. The number of rotatable bonds is 6. The molecule has 0 aliphatic heterocycles. The van der Waals surface area contributed by atoms with Crippen LogP contribution in [0, 0.1) is 5.82 Å². The molecule has 0 amide bonds. The van der Waals surface area contributed by atoms with Crippen molar-refractivity contribution in [1.29, 1.82) is 0 Å². The number of hydrazine groups is 1. The van der Waals surface area contributed by atoms with Gasteiger partial charge >= 0.3 is 0 Å². The number of halogens is 2. The van der Waals surface area contributed by atoms with Crippen molar-refractivity contribution in [3.63, 3.8) is 0 Å². The Morgan fingerprint density at radius 2 is 1.95 bits per heavy atom. The normalized spacial score (nSPS) is 13.9. The number of methoxy groups -OCH3 is 1. The highest BCUT2D eigenvalue weighted by Crippen LogP contribution is 2.24. The van der Waals surface area contributed by atoms with Gasteiger partial charge in [0.15, 0.2) is 0 Å². The third-order valence-electron chi connectivity index (χ3n) is 3.42. The number of nitrogens with two attached hydrogens (primary N) is 1. The van der Waals surface area contributed by atoms with Gasteiger partial charge in [0.1, 0.15) is 5.82 Å². The summed E-state index contributed by atoms with van der Waals surface area (Å²) in [5, 5.41) is 0. The van der Waals surface area contributed by atoms with Crippen molar-refractivity contribution in [2.45, 2.75) is 18.6 Å². The molecular formula is C16H18BrFN2O. The zero-order chi connectivity index (χ0) is 15.2. The fraction of sp³-hybridized carbons (Fsp3) is 0.250. The first-order valence-electron chi connectivity index (χ1n) is 6.63. The lowest BCUT2D eigenvalue weighted by Crippen LogP contribution is -2.42. The molecule has 0 bridgehead atoms. The first kappa shape index (κ1) is 16.1. The minimum atomic E-state index is -0.257. The molecule has 0 aromatic heterocycles. The van der Waals surface area contributed by atoms with Crippen LogP contribution < -0.4 is 11.3 Å². The van der Waals surface area contributed by atoms with Gasteiger partial charge < -0.3 is 4.74 Å². The molecule has 2 unspecified atom stereocenters. The first-order chi connectivity index (χ1) is 10.2. The van der Waals surface area contributed by atoms with E-state index >= 15 is 0 Å². The van der Waals surface area contributed by atoms with Gasteiger partial charge in [-0.05, 0) is 29.7 Å². The summed E-state index contributed by atoms with van der Waals surface area (Å²) in [7, 11) is 1.62. The summed E-state index contributed by atoms with van der Waals surface area (Å²) in [6.07, 6.45) is 0.183. The molecule has 112 valence electrons. The summed E-state index contributed by atoms with van der Waals surface area (Å²) in [5.41, 5.74) is 4.34. The van der Waals surface area contributed by atoms with Crippen LogP contribution in [0.2, 0.25) is 0 Å². The molecule has 0 aliphatic carbocycles. The summed E-state index contributed by atoms with van der Waals surface area (Å²) in [6.45, 7) is 0. The van der Waals surface area contributed by atoms with Crippen LogP contribution >= 0.6 is 15.9 Å². The minimum absolute atomic E-state index is 0.229. The number of benzene rings is 2. The summed E-state index contributed by atoms with van der Waals surface area (Å²) in [5.74, 6) is 5.40. The van der Waals surface area contributed by atoms with Gasteiger partial charge in [0.05, 0.1) is 12.1 Å². The van der Waals surface area contributed by atoms with Crippen molar-refractivity contribution in [1.82, 2.24) is 5.43 Å². The van der Waals surface area contributed by atoms with E-state index in [0.29, 0.717) is 16.5 Å². The van der Waals surface area contributed by atoms with E-state index in [1.807, 2.05) is 36.4 Å². The van der Waals surface area contributed by atoms with E-state index in [0.717, 1.165) is 5.56 Å². The standard InChI is InChI=1S/C16H18BrFN2O/c1-21-16(11-5-3-2-4-6-11)15(20-19)9-12-7-8-13(17)10-14(12)18/h2-8,10,15-16,20H,9,19H2,1H3. The molecule has 2 aromatic carbocycles. The monoisotopic (exact) mass is 352 g/mol. The second-order valence-electron chi connectivity index (χ2n) is 4.78. The number of ether oxygens (including phenoxy) is 1. The summed E-state index contributed by atoms with van der Waals surface area (Å²) in [4.78, 5) is 0. The second-order valence-corrected chi connectivity index (χ2v) is 5.70. The molecule has 3 nitrogen and oxygen atoms in total. The van der Waals surface area contributed by atoms with Crippen molar-refractivity contribution in [2.24, 2.45) is 5.84 Å². The Labute approximate surface area is 132 Å². The molecule has 3 N–H and O–H groups in total. The lowest BCUT2D eigenvalue weighted by Gasteiger charge is -2.26. The molecular weight excluding hydrogens is 335 g/mol. The van der Waals surface area contributed by atoms with Crippen molar-refractivity contribution in [3.8, 4) is 0 Å². The predicted molar refractivity (Wildman–Crippen MR) is 85.1 cm³/mol. The highest BCUT2D eigenvalue weighted by molar-refractivity contribution is 9.10. The van der Waals surface area contributed by atoms with Crippen molar-refractivity contribution in [2.75, 3.05) is 7.11 Å². The first-order valence-corrected chi connectivity index (χ1v) is 7.42. The van der Waals surface area contributed by atoms with Gasteiger partial charge in [-0.25, -0.2) is 4.39 Å². The molecule has 0 aliphatic rings. The quantitative estimate of drug-likeness (QED) is 0.619. The van der Waals surface area contributed by atoms with Crippen LogP contribution in [0.3, 0.4) is 0 Å². The second kappa shape index (κ2) is 7.66. The molecule has 0 spiro atoms. The average molecular weight is 353 g/mol. The maximum atomic E-state index is 14.0. The van der Waals surface area contributed by atoms with E-state index in [1.165, 1.54) is 6.07 Å². The molecule has 0 fully saturated rings. The Morgan fingerprint density at radius 1 is 1.24 bits per heavy atom. The Bertz CT molecular complexity index is 580. The van der Waals surface area contributed by atoms with Gasteiger partial charge in [-0.2, -0.15) is 0 Å². The van der Waals surface area contributed by atoms with Gasteiger partial charge in [-0.1, -0.05) is 52.3 Å². The zero-order valence-electron chi connectivity index (χ0n) is 11.7. The van der Waals surface area contributed by atoms with E-state index in [9.17, 15) is 4.39 Å². The fourth-order valence-electron chi connectivity index (χ4n) is 2.35. The van der Waals surface area contributed by atoms with Gasteiger partial charge in [0, 0.05) is 11.6 Å². The van der Waals surface area contributed by atoms with Crippen LogP contribution in [-0.2, 0) is 11.2 Å². The fourth-order valence-corrected chi connectivity index (χ4v) is 2.69. The maximum absolute atomic E-state index is 14.0. The van der Waals surface area contributed by atoms with Crippen LogP contribution in [0.4, 0.5) is 4.39 Å². The molecule has 2 atom stereocenters. The Balaban J connectivity index is 2.22. The SMILES string of the molecule is COC(c1ccccc1)C(Cc1ccc(Br)cc1F)NN. The van der Waals surface area contributed by atoms with Gasteiger partial charge in [-0.3, -0.25) is 11.3 Å². The minimum Gasteiger partial charge on any atom is -0.375 e. The maximum Gasteiger partial charge on any atom is 0.127 e. The summed E-state index contributed by atoms with van der Waals surface area (Å²) < 4.78 is 20.2. The lowest BCUT2D eigenvalue weighted by atomic mass is 9.96. The molecule has 2 rings (SSSR count). The highest BCUT2D eigenvalue weighted by Gasteiger charge is 2.23. The molecule has 2 aromatic rings. The Morgan fingerprint density at radius 3 is 2.52 bits per heavy atom.